The molecule has 1 rings (SSSR count). The Labute approximate surface area is 116 Å². The van der Waals surface area contributed by atoms with Crippen molar-refractivity contribution in [3.8, 4) is 0 Å². The van der Waals surface area contributed by atoms with Crippen molar-refractivity contribution in [2.45, 2.75) is 72.3 Å². The lowest BCUT2D eigenvalue weighted by Gasteiger charge is -2.12. The molecule has 1 unspecified atom stereocenters. The summed E-state index contributed by atoms with van der Waals surface area (Å²) in [6.45, 7) is 9.84. The van der Waals surface area contributed by atoms with Crippen LogP contribution in [0.1, 0.15) is 74.0 Å². The summed E-state index contributed by atoms with van der Waals surface area (Å²) in [5.74, 6) is 0. The Morgan fingerprint density at radius 2 is 1.78 bits per heavy atom. The zero-order chi connectivity index (χ0) is 13.4. The number of thiazole rings is 1. The highest BCUT2D eigenvalue weighted by Gasteiger charge is 2.11. The molecule has 104 valence electrons. The highest BCUT2D eigenvalue weighted by atomic mass is 32.1. The second-order valence-electron chi connectivity index (χ2n) is 5.13. The van der Waals surface area contributed by atoms with E-state index < -0.39 is 0 Å². The minimum atomic E-state index is 0.451. The van der Waals surface area contributed by atoms with Gasteiger partial charge < -0.3 is 5.32 Å². The number of unbranched alkanes of at least 4 members (excludes halogenated alkanes) is 5. The molecular formula is C15H28N2S. The van der Waals surface area contributed by atoms with E-state index in [4.69, 9.17) is 0 Å². The Bertz CT molecular complexity index is 333. The Hall–Kier alpha value is -0.410. The van der Waals surface area contributed by atoms with Crippen LogP contribution in [0.15, 0.2) is 0 Å². The van der Waals surface area contributed by atoms with E-state index in [0.29, 0.717) is 6.04 Å². The lowest BCUT2D eigenvalue weighted by Crippen LogP contribution is -2.19. The summed E-state index contributed by atoms with van der Waals surface area (Å²) < 4.78 is 0. The van der Waals surface area contributed by atoms with Gasteiger partial charge in [0.05, 0.1) is 10.7 Å². The number of hydrogen-bond donors (Lipinski definition) is 1. The molecule has 0 bridgehead atoms. The molecule has 0 saturated heterocycles. The highest BCUT2D eigenvalue weighted by Crippen LogP contribution is 2.24. The van der Waals surface area contributed by atoms with Gasteiger partial charge in [0.1, 0.15) is 0 Å². The molecule has 0 spiro atoms. The van der Waals surface area contributed by atoms with Gasteiger partial charge >= 0.3 is 0 Å². The number of aromatic nitrogens is 1. The van der Waals surface area contributed by atoms with Gasteiger partial charge in [0.25, 0.3) is 0 Å². The molecule has 1 N–H and O–H groups in total. The number of rotatable bonds is 9. The van der Waals surface area contributed by atoms with Crippen LogP contribution in [0.25, 0.3) is 0 Å². The van der Waals surface area contributed by atoms with Crippen molar-refractivity contribution in [3.05, 3.63) is 15.6 Å². The monoisotopic (exact) mass is 268 g/mol. The van der Waals surface area contributed by atoms with Crippen LogP contribution in [-0.2, 0) is 0 Å². The van der Waals surface area contributed by atoms with Crippen molar-refractivity contribution >= 4 is 11.3 Å². The first-order valence-corrected chi connectivity index (χ1v) is 8.14. The van der Waals surface area contributed by atoms with E-state index in [-0.39, 0.29) is 0 Å². The molecule has 0 aliphatic carbocycles. The molecule has 1 heterocycles. The molecule has 0 aliphatic rings. The molecule has 0 fully saturated rings. The maximum atomic E-state index is 4.49. The van der Waals surface area contributed by atoms with Gasteiger partial charge in [0.2, 0.25) is 0 Å². The predicted octanol–water partition coefficient (Wildman–Crippen LogP) is 4.77. The van der Waals surface area contributed by atoms with E-state index >= 15 is 0 Å². The standard InChI is InChI=1S/C15H28N2S/c1-5-6-7-8-9-10-11-16-12(2)15-13(3)17-14(4)18-15/h12,16H,5-11H2,1-4H3. The van der Waals surface area contributed by atoms with Crippen LogP contribution in [0.2, 0.25) is 0 Å². The number of nitrogens with one attached hydrogen (secondary N) is 1. The van der Waals surface area contributed by atoms with Gasteiger partial charge in [-0.05, 0) is 33.7 Å². The topological polar surface area (TPSA) is 24.9 Å². The number of hydrogen-bond acceptors (Lipinski definition) is 3. The Morgan fingerprint density at radius 1 is 1.11 bits per heavy atom. The molecule has 3 heteroatoms. The van der Waals surface area contributed by atoms with E-state index in [9.17, 15) is 0 Å². The van der Waals surface area contributed by atoms with E-state index in [1.807, 2.05) is 11.3 Å². The van der Waals surface area contributed by atoms with Gasteiger partial charge in [-0.3, -0.25) is 0 Å². The predicted molar refractivity (Wildman–Crippen MR) is 81.4 cm³/mol. The first-order chi connectivity index (χ1) is 8.65. The van der Waals surface area contributed by atoms with Crippen LogP contribution in [0.4, 0.5) is 0 Å². The summed E-state index contributed by atoms with van der Waals surface area (Å²) in [4.78, 5) is 5.89. The number of aryl methyl sites for hydroxylation is 2. The Kier molecular flexibility index (Phi) is 7.52. The van der Waals surface area contributed by atoms with Crippen molar-refractivity contribution < 1.29 is 0 Å². The summed E-state index contributed by atoms with van der Waals surface area (Å²) in [5, 5.41) is 4.79. The van der Waals surface area contributed by atoms with Crippen LogP contribution in [0.3, 0.4) is 0 Å². The van der Waals surface area contributed by atoms with Crippen LogP contribution in [-0.4, -0.2) is 11.5 Å². The van der Waals surface area contributed by atoms with Gasteiger partial charge in [0, 0.05) is 10.9 Å². The first-order valence-electron chi connectivity index (χ1n) is 7.32. The van der Waals surface area contributed by atoms with E-state index in [2.05, 4.69) is 38.0 Å². The molecule has 0 saturated carbocycles. The lowest BCUT2D eigenvalue weighted by atomic mass is 10.1. The summed E-state index contributed by atoms with van der Waals surface area (Å²) in [6, 6.07) is 0.451. The van der Waals surface area contributed by atoms with Gasteiger partial charge in [-0.2, -0.15) is 0 Å². The Morgan fingerprint density at radius 3 is 2.39 bits per heavy atom. The average molecular weight is 268 g/mol. The molecule has 18 heavy (non-hydrogen) atoms. The summed E-state index contributed by atoms with van der Waals surface area (Å²) in [6.07, 6.45) is 8.18. The second kappa shape index (κ2) is 8.65. The molecule has 0 amide bonds. The van der Waals surface area contributed by atoms with Gasteiger partial charge in [0.15, 0.2) is 0 Å². The normalized spacial score (nSPS) is 12.9. The second-order valence-corrected chi connectivity index (χ2v) is 6.36. The van der Waals surface area contributed by atoms with Gasteiger partial charge in [-0.15, -0.1) is 11.3 Å². The quantitative estimate of drug-likeness (QED) is 0.652. The third-order valence-electron chi connectivity index (χ3n) is 3.31. The highest BCUT2D eigenvalue weighted by molar-refractivity contribution is 7.11. The lowest BCUT2D eigenvalue weighted by molar-refractivity contribution is 0.530. The fourth-order valence-corrected chi connectivity index (χ4v) is 3.22. The third-order valence-corrected chi connectivity index (χ3v) is 4.57. The maximum Gasteiger partial charge on any atom is 0.0900 e. The van der Waals surface area contributed by atoms with Gasteiger partial charge in [-0.1, -0.05) is 39.0 Å². The minimum Gasteiger partial charge on any atom is -0.309 e. The van der Waals surface area contributed by atoms with Crippen molar-refractivity contribution in [1.82, 2.24) is 10.3 Å². The SMILES string of the molecule is CCCCCCCCNC(C)c1sc(C)nc1C. The summed E-state index contributed by atoms with van der Waals surface area (Å²) in [7, 11) is 0. The minimum absolute atomic E-state index is 0.451. The van der Waals surface area contributed by atoms with E-state index in [1.54, 1.807) is 0 Å². The van der Waals surface area contributed by atoms with E-state index in [1.165, 1.54) is 54.1 Å². The first kappa shape index (κ1) is 15.6. The largest absolute Gasteiger partial charge is 0.309 e. The molecule has 0 aliphatic heterocycles. The van der Waals surface area contributed by atoms with E-state index in [0.717, 1.165) is 6.54 Å². The maximum absolute atomic E-state index is 4.49. The summed E-state index contributed by atoms with van der Waals surface area (Å²) >= 11 is 1.82. The van der Waals surface area contributed by atoms with Crippen LogP contribution in [0, 0.1) is 13.8 Å². The molecule has 0 aromatic carbocycles. The van der Waals surface area contributed by atoms with Crippen LogP contribution in [0.5, 0.6) is 0 Å². The molecule has 1 atom stereocenters. The Balaban J connectivity index is 2.14. The van der Waals surface area contributed by atoms with Crippen LogP contribution >= 0.6 is 11.3 Å². The molecular weight excluding hydrogens is 240 g/mol. The van der Waals surface area contributed by atoms with Crippen molar-refractivity contribution in [2.75, 3.05) is 6.54 Å². The molecule has 0 radical (unpaired) electrons. The number of nitrogens with zero attached hydrogens (tertiary/aromatic N) is 1. The third kappa shape index (κ3) is 5.49. The van der Waals surface area contributed by atoms with Crippen molar-refractivity contribution in [1.29, 1.82) is 0 Å². The summed E-state index contributed by atoms with van der Waals surface area (Å²) in [5.41, 5.74) is 1.19. The molecule has 1 aromatic rings. The van der Waals surface area contributed by atoms with Gasteiger partial charge in [-0.25, -0.2) is 4.98 Å². The van der Waals surface area contributed by atoms with Crippen LogP contribution < -0.4 is 5.32 Å². The van der Waals surface area contributed by atoms with Crippen molar-refractivity contribution in [2.24, 2.45) is 0 Å². The van der Waals surface area contributed by atoms with Crippen molar-refractivity contribution in [3.63, 3.8) is 0 Å². The average Bonchev–Trinajstić information content (AvgIpc) is 2.67. The smallest absolute Gasteiger partial charge is 0.0900 e. The zero-order valence-electron chi connectivity index (χ0n) is 12.4. The molecule has 1 aromatic heterocycles. The zero-order valence-corrected chi connectivity index (χ0v) is 13.2. The molecule has 2 nitrogen and oxygen atoms in total. The fraction of sp³-hybridized carbons (Fsp3) is 0.800. The fourth-order valence-electron chi connectivity index (χ4n) is 2.27.